The van der Waals surface area contributed by atoms with E-state index in [0.717, 1.165) is 42.5 Å². The molecule has 0 spiro atoms. The van der Waals surface area contributed by atoms with Crippen LogP contribution in [-0.2, 0) is 6.54 Å². The summed E-state index contributed by atoms with van der Waals surface area (Å²) >= 11 is 0. The second-order valence-electron chi connectivity index (χ2n) is 6.73. The molecule has 1 aliphatic heterocycles. The summed E-state index contributed by atoms with van der Waals surface area (Å²) in [5.74, 6) is -0.196. The minimum absolute atomic E-state index is 0.0921. The van der Waals surface area contributed by atoms with Gasteiger partial charge in [0, 0.05) is 37.3 Å². The third-order valence-electron chi connectivity index (χ3n) is 4.53. The van der Waals surface area contributed by atoms with Gasteiger partial charge in [-0.25, -0.2) is 4.39 Å². The van der Waals surface area contributed by atoms with Crippen LogP contribution >= 0.6 is 0 Å². The number of rotatable bonds is 2. The van der Waals surface area contributed by atoms with Crippen LogP contribution in [0.3, 0.4) is 0 Å². The fourth-order valence-electron chi connectivity index (χ4n) is 3.21. The summed E-state index contributed by atoms with van der Waals surface area (Å²) in [6.45, 7) is 7.01. The summed E-state index contributed by atoms with van der Waals surface area (Å²) in [6.07, 6.45) is 2.74. The van der Waals surface area contributed by atoms with Crippen molar-refractivity contribution in [1.29, 1.82) is 0 Å². The number of nitrogens with zero attached hydrogens (tertiary/aromatic N) is 2. The number of piperidine rings is 1. The number of hydrogen-bond acceptors (Lipinski definition) is 3. The van der Waals surface area contributed by atoms with Crippen LogP contribution in [0.4, 0.5) is 4.39 Å². The van der Waals surface area contributed by atoms with Crippen LogP contribution in [0, 0.1) is 11.2 Å². The first kappa shape index (κ1) is 14.4. The Kier molecular flexibility index (Phi) is 3.68. The molecule has 0 radical (unpaired) electrons. The highest BCUT2D eigenvalue weighted by Crippen LogP contribution is 2.29. The summed E-state index contributed by atoms with van der Waals surface area (Å²) in [5, 5.41) is 0.862. The van der Waals surface area contributed by atoms with Gasteiger partial charge in [-0.3, -0.25) is 9.88 Å². The van der Waals surface area contributed by atoms with Crippen molar-refractivity contribution < 1.29 is 4.39 Å². The van der Waals surface area contributed by atoms with E-state index in [4.69, 9.17) is 5.73 Å². The van der Waals surface area contributed by atoms with E-state index in [9.17, 15) is 4.39 Å². The molecule has 112 valence electrons. The van der Waals surface area contributed by atoms with Gasteiger partial charge in [-0.05, 0) is 35.6 Å². The molecule has 0 saturated carbocycles. The van der Waals surface area contributed by atoms with Crippen molar-refractivity contribution in [3.8, 4) is 0 Å². The van der Waals surface area contributed by atoms with Gasteiger partial charge in [-0.2, -0.15) is 0 Å². The Labute approximate surface area is 125 Å². The molecule has 2 N–H and O–H groups in total. The van der Waals surface area contributed by atoms with Crippen molar-refractivity contribution in [1.82, 2.24) is 9.88 Å². The Morgan fingerprint density at radius 2 is 2.24 bits per heavy atom. The maximum Gasteiger partial charge on any atom is 0.124 e. The number of nitrogens with two attached hydrogens (primary N) is 1. The van der Waals surface area contributed by atoms with Crippen molar-refractivity contribution in [3.63, 3.8) is 0 Å². The molecule has 1 fully saturated rings. The lowest BCUT2D eigenvalue weighted by Crippen LogP contribution is -2.52. The fourth-order valence-corrected chi connectivity index (χ4v) is 3.21. The average Bonchev–Trinajstić information content (AvgIpc) is 2.42. The highest BCUT2D eigenvalue weighted by Gasteiger charge is 2.33. The zero-order valence-corrected chi connectivity index (χ0v) is 12.6. The smallest absolute Gasteiger partial charge is 0.124 e. The second kappa shape index (κ2) is 5.35. The van der Waals surface area contributed by atoms with E-state index in [-0.39, 0.29) is 17.3 Å². The molecule has 3 nitrogen and oxygen atoms in total. The molecule has 0 bridgehead atoms. The third-order valence-corrected chi connectivity index (χ3v) is 4.53. The Balaban J connectivity index is 1.88. The van der Waals surface area contributed by atoms with E-state index in [1.165, 1.54) is 0 Å². The first-order chi connectivity index (χ1) is 9.95. The molecule has 21 heavy (non-hydrogen) atoms. The normalized spacial score (nSPS) is 22.6. The van der Waals surface area contributed by atoms with Gasteiger partial charge >= 0.3 is 0 Å². The van der Waals surface area contributed by atoms with Gasteiger partial charge < -0.3 is 5.73 Å². The minimum atomic E-state index is -0.196. The molecular weight excluding hydrogens is 265 g/mol. The number of hydrogen-bond donors (Lipinski definition) is 1. The summed E-state index contributed by atoms with van der Waals surface area (Å²) in [6, 6.07) is 7.13. The van der Waals surface area contributed by atoms with Crippen LogP contribution in [0.1, 0.15) is 25.8 Å². The Bertz CT molecular complexity index is 654. The zero-order chi connectivity index (χ0) is 15.0. The number of halogens is 1. The lowest BCUT2D eigenvalue weighted by Gasteiger charge is -2.42. The van der Waals surface area contributed by atoms with E-state index in [2.05, 4.69) is 23.7 Å². The van der Waals surface area contributed by atoms with Crippen molar-refractivity contribution in [2.75, 3.05) is 13.1 Å². The average molecular weight is 287 g/mol. The largest absolute Gasteiger partial charge is 0.327 e. The first-order valence-electron chi connectivity index (χ1n) is 7.47. The molecule has 1 aromatic heterocycles. The summed E-state index contributed by atoms with van der Waals surface area (Å²) in [5.41, 5.74) is 8.13. The Morgan fingerprint density at radius 1 is 1.43 bits per heavy atom. The quantitative estimate of drug-likeness (QED) is 0.923. The van der Waals surface area contributed by atoms with Crippen molar-refractivity contribution >= 4 is 10.9 Å². The van der Waals surface area contributed by atoms with Crippen molar-refractivity contribution in [3.05, 3.63) is 41.8 Å². The predicted molar refractivity (Wildman–Crippen MR) is 83.4 cm³/mol. The standard InChI is InChI=1S/C17H22FN3/c1-17(2)11-21(7-5-15(17)19)10-13-9-14(18)8-12-4-3-6-20-16(12)13/h3-4,6,8-9,15H,5,7,10-11,19H2,1-2H3. The molecule has 0 amide bonds. The lowest BCUT2D eigenvalue weighted by molar-refractivity contribution is 0.0901. The Morgan fingerprint density at radius 3 is 3.00 bits per heavy atom. The van der Waals surface area contributed by atoms with Gasteiger partial charge in [-0.15, -0.1) is 0 Å². The molecule has 2 heterocycles. The fraction of sp³-hybridized carbons (Fsp3) is 0.471. The van der Waals surface area contributed by atoms with E-state index in [1.54, 1.807) is 18.3 Å². The summed E-state index contributed by atoms with van der Waals surface area (Å²) in [7, 11) is 0. The molecule has 1 atom stereocenters. The van der Waals surface area contributed by atoms with E-state index in [1.807, 2.05) is 12.1 Å². The molecule has 1 aliphatic rings. The lowest BCUT2D eigenvalue weighted by atomic mass is 9.79. The van der Waals surface area contributed by atoms with Gasteiger partial charge in [0.2, 0.25) is 0 Å². The molecule has 3 rings (SSSR count). The number of pyridine rings is 1. The summed E-state index contributed by atoms with van der Waals surface area (Å²) in [4.78, 5) is 6.77. The van der Waals surface area contributed by atoms with Crippen molar-refractivity contribution in [2.24, 2.45) is 11.1 Å². The van der Waals surface area contributed by atoms with E-state index < -0.39 is 0 Å². The van der Waals surface area contributed by atoms with E-state index >= 15 is 0 Å². The number of benzene rings is 1. The zero-order valence-electron chi connectivity index (χ0n) is 12.6. The van der Waals surface area contributed by atoms with Crippen LogP contribution in [0.25, 0.3) is 10.9 Å². The van der Waals surface area contributed by atoms with Crippen LogP contribution in [-0.4, -0.2) is 29.0 Å². The highest BCUT2D eigenvalue weighted by molar-refractivity contribution is 5.81. The van der Waals surface area contributed by atoms with Crippen LogP contribution in [0.15, 0.2) is 30.5 Å². The second-order valence-corrected chi connectivity index (χ2v) is 6.73. The van der Waals surface area contributed by atoms with Crippen LogP contribution < -0.4 is 5.73 Å². The maximum atomic E-state index is 13.8. The number of fused-ring (bicyclic) bond motifs is 1. The number of likely N-dealkylation sites (tertiary alicyclic amines) is 1. The molecule has 1 saturated heterocycles. The SMILES string of the molecule is CC1(C)CN(Cc2cc(F)cc3cccnc23)CCC1N. The van der Waals surface area contributed by atoms with Crippen LogP contribution in [0.2, 0.25) is 0 Å². The maximum absolute atomic E-state index is 13.8. The van der Waals surface area contributed by atoms with Crippen LogP contribution in [0.5, 0.6) is 0 Å². The molecule has 2 aromatic rings. The molecule has 4 heteroatoms. The first-order valence-corrected chi connectivity index (χ1v) is 7.47. The molecule has 1 aromatic carbocycles. The predicted octanol–water partition coefficient (Wildman–Crippen LogP) is 2.93. The Hall–Kier alpha value is -1.52. The van der Waals surface area contributed by atoms with Gasteiger partial charge in [0.05, 0.1) is 5.52 Å². The highest BCUT2D eigenvalue weighted by atomic mass is 19.1. The van der Waals surface area contributed by atoms with Gasteiger partial charge in [0.25, 0.3) is 0 Å². The molecular formula is C17H22FN3. The van der Waals surface area contributed by atoms with Gasteiger partial charge in [0.15, 0.2) is 0 Å². The van der Waals surface area contributed by atoms with Crippen molar-refractivity contribution in [2.45, 2.75) is 32.9 Å². The monoisotopic (exact) mass is 287 g/mol. The van der Waals surface area contributed by atoms with E-state index in [0.29, 0.717) is 0 Å². The topological polar surface area (TPSA) is 42.2 Å². The van der Waals surface area contributed by atoms with Gasteiger partial charge in [-0.1, -0.05) is 19.9 Å². The summed E-state index contributed by atoms with van der Waals surface area (Å²) < 4.78 is 13.8. The molecule has 1 unspecified atom stereocenters. The minimum Gasteiger partial charge on any atom is -0.327 e. The molecule has 0 aliphatic carbocycles. The number of aromatic nitrogens is 1. The third kappa shape index (κ3) is 2.92. The van der Waals surface area contributed by atoms with Gasteiger partial charge in [0.1, 0.15) is 5.82 Å².